The van der Waals surface area contributed by atoms with Crippen LogP contribution < -0.4 is 5.32 Å². The van der Waals surface area contributed by atoms with Crippen molar-refractivity contribution in [3.05, 3.63) is 0 Å². The van der Waals surface area contributed by atoms with Crippen LogP contribution in [0.5, 0.6) is 0 Å². The number of hydrogen-bond donors (Lipinski definition) is 1. The van der Waals surface area contributed by atoms with Gasteiger partial charge in [0.05, 0.1) is 12.6 Å². The van der Waals surface area contributed by atoms with Crippen LogP contribution in [0.4, 0.5) is 0 Å². The van der Waals surface area contributed by atoms with Gasteiger partial charge in [-0.15, -0.1) is 0 Å². The molecule has 0 aromatic rings. The third-order valence-electron chi connectivity index (χ3n) is 3.14. The van der Waals surface area contributed by atoms with Crippen LogP contribution in [0.3, 0.4) is 0 Å². The lowest BCUT2D eigenvalue weighted by Gasteiger charge is -2.19. The van der Waals surface area contributed by atoms with Crippen LogP contribution in [-0.4, -0.2) is 60.9 Å². The van der Waals surface area contributed by atoms with Crippen LogP contribution in [0.15, 0.2) is 0 Å². The van der Waals surface area contributed by atoms with E-state index < -0.39 is 0 Å². The number of rotatable bonds is 4. The van der Waals surface area contributed by atoms with Gasteiger partial charge in [0.25, 0.3) is 0 Å². The molecule has 2 aliphatic rings. The van der Waals surface area contributed by atoms with E-state index in [0.29, 0.717) is 12.6 Å². The van der Waals surface area contributed by atoms with Gasteiger partial charge < -0.3 is 15.1 Å². The van der Waals surface area contributed by atoms with Gasteiger partial charge in [-0.1, -0.05) is 0 Å². The predicted octanol–water partition coefficient (Wildman–Crippen LogP) is -0.572. The normalized spacial score (nSPS) is 25.0. The molecule has 2 rings (SSSR count). The SMILES string of the molecule is CN(C)C(=O)CN1CCC(NC2CC2)C1=O. The molecular weight excluding hydrogens is 206 g/mol. The highest BCUT2D eigenvalue weighted by Gasteiger charge is 2.36. The number of carbonyl (C=O) groups excluding carboxylic acids is 2. The van der Waals surface area contributed by atoms with E-state index in [1.807, 2.05) is 0 Å². The Bertz CT molecular complexity index is 300. The summed E-state index contributed by atoms with van der Waals surface area (Å²) in [6, 6.07) is 0.487. The van der Waals surface area contributed by atoms with Crippen molar-refractivity contribution in [2.45, 2.75) is 31.3 Å². The number of amides is 2. The monoisotopic (exact) mass is 225 g/mol. The van der Waals surface area contributed by atoms with E-state index in [0.717, 1.165) is 6.42 Å². The highest BCUT2D eigenvalue weighted by atomic mass is 16.2. The molecule has 0 radical (unpaired) electrons. The van der Waals surface area contributed by atoms with Crippen molar-refractivity contribution < 1.29 is 9.59 Å². The molecule has 5 nitrogen and oxygen atoms in total. The molecule has 0 aromatic heterocycles. The van der Waals surface area contributed by atoms with Crippen molar-refractivity contribution in [1.82, 2.24) is 15.1 Å². The molecule has 2 amide bonds. The molecule has 90 valence electrons. The minimum Gasteiger partial charge on any atom is -0.347 e. The Balaban J connectivity index is 1.83. The summed E-state index contributed by atoms with van der Waals surface area (Å²) >= 11 is 0. The lowest BCUT2D eigenvalue weighted by atomic mass is 10.2. The zero-order valence-electron chi connectivity index (χ0n) is 9.90. The first-order valence-corrected chi connectivity index (χ1v) is 5.83. The average Bonchev–Trinajstić information content (AvgIpc) is 2.98. The average molecular weight is 225 g/mol. The Labute approximate surface area is 95.8 Å². The highest BCUT2D eigenvalue weighted by Crippen LogP contribution is 2.22. The first kappa shape index (κ1) is 11.4. The lowest BCUT2D eigenvalue weighted by molar-refractivity contribution is -0.137. The van der Waals surface area contributed by atoms with Crippen LogP contribution >= 0.6 is 0 Å². The van der Waals surface area contributed by atoms with Crippen LogP contribution in [0.2, 0.25) is 0 Å². The largest absolute Gasteiger partial charge is 0.347 e. The molecule has 0 aromatic carbocycles. The number of nitrogens with one attached hydrogen (secondary N) is 1. The maximum Gasteiger partial charge on any atom is 0.241 e. The number of carbonyl (C=O) groups is 2. The third-order valence-corrected chi connectivity index (χ3v) is 3.14. The Kier molecular flexibility index (Phi) is 3.14. The van der Waals surface area contributed by atoms with Crippen molar-refractivity contribution in [2.24, 2.45) is 0 Å². The van der Waals surface area contributed by atoms with Gasteiger partial charge in [0.1, 0.15) is 0 Å². The summed E-state index contributed by atoms with van der Waals surface area (Å²) in [6.45, 7) is 0.914. The minimum atomic E-state index is -0.0533. The van der Waals surface area contributed by atoms with Gasteiger partial charge in [0.15, 0.2) is 0 Å². The summed E-state index contributed by atoms with van der Waals surface area (Å²) < 4.78 is 0. The fourth-order valence-electron chi connectivity index (χ4n) is 1.89. The van der Waals surface area contributed by atoms with Crippen molar-refractivity contribution >= 4 is 11.8 Å². The summed E-state index contributed by atoms with van der Waals surface area (Å²) in [6.07, 6.45) is 3.19. The fraction of sp³-hybridized carbons (Fsp3) is 0.818. The van der Waals surface area contributed by atoms with E-state index in [2.05, 4.69) is 5.32 Å². The molecule has 1 saturated heterocycles. The van der Waals surface area contributed by atoms with Gasteiger partial charge in [-0.05, 0) is 19.3 Å². The summed E-state index contributed by atoms with van der Waals surface area (Å²) in [4.78, 5) is 26.6. The van der Waals surface area contributed by atoms with E-state index in [9.17, 15) is 9.59 Å². The van der Waals surface area contributed by atoms with Crippen molar-refractivity contribution in [1.29, 1.82) is 0 Å². The molecule has 0 bridgehead atoms. The van der Waals surface area contributed by atoms with Crippen LogP contribution in [0, 0.1) is 0 Å². The number of likely N-dealkylation sites (N-methyl/N-ethyl adjacent to an activating group) is 1. The summed E-state index contributed by atoms with van der Waals surface area (Å²) in [7, 11) is 3.42. The van der Waals surface area contributed by atoms with E-state index in [4.69, 9.17) is 0 Å². The molecule has 16 heavy (non-hydrogen) atoms. The van der Waals surface area contributed by atoms with Gasteiger partial charge in [0.2, 0.25) is 11.8 Å². The molecule has 1 aliphatic carbocycles. The van der Waals surface area contributed by atoms with Crippen molar-refractivity contribution in [3.8, 4) is 0 Å². The van der Waals surface area contributed by atoms with Crippen molar-refractivity contribution in [3.63, 3.8) is 0 Å². The molecule has 1 N–H and O–H groups in total. The quantitative estimate of drug-likeness (QED) is 0.697. The molecule has 1 heterocycles. The van der Waals surface area contributed by atoms with Crippen molar-refractivity contribution in [2.75, 3.05) is 27.2 Å². The maximum absolute atomic E-state index is 11.9. The number of likely N-dealkylation sites (tertiary alicyclic amines) is 1. The van der Waals surface area contributed by atoms with E-state index in [1.165, 1.54) is 17.7 Å². The molecule has 5 heteroatoms. The molecular formula is C11H19N3O2. The summed E-state index contributed by atoms with van der Waals surface area (Å²) in [5.41, 5.74) is 0. The Morgan fingerprint density at radius 1 is 1.44 bits per heavy atom. The van der Waals surface area contributed by atoms with Crippen LogP contribution in [0.1, 0.15) is 19.3 Å². The van der Waals surface area contributed by atoms with Crippen LogP contribution in [-0.2, 0) is 9.59 Å². The molecule has 0 spiro atoms. The Hall–Kier alpha value is -1.10. The zero-order chi connectivity index (χ0) is 11.7. The number of nitrogens with zero attached hydrogens (tertiary/aromatic N) is 2. The highest BCUT2D eigenvalue weighted by molar-refractivity contribution is 5.88. The van der Waals surface area contributed by atoms with E-state index >= 15 is 0 Å². The van der Waals surface area contributed by atoms with Gasteiger partial charge in [-0.2, -0.15) is 0 Å². The van der Waals surface area contributed by atoms with Gasteiger partial charge in [0, 0.05) is 26.7 Å². The molecule has 1 unspecified atom stereocenters. The number of hydrogen-bond acceptors (Lipinski definition) is 3. The zero-order valence-corrected chi connectivity index (χ0v) is 9.90. The second-order valence-corrected chi connectivity index (χ2v) is 4.83. The third kappa shape index (κ3) is 2.52. The second kappa shape index (κ2) is 4.41. The molecule has 2 fully saturated rings. The standard InChI is InChI=1S/C11H19N3O2/c1-13(2)10(15)7-14-6-5-9(11(14)16)12-8-3-4-8/h8-9,12H,3-7H2,1-2H3. The Morgan fingerprint density at radius 2 is 2.12 bits per heavy atom. The topological polar surface area (TPSA) is 52.7 Å². The van der Waals surface area contributed by atoms with Gasteiger partial charge in [-0.3, -0.25) is 9.59 Å². The lowest BCUT2D eigenvalue weighted by Crippen LogP contribution is -2.42. The van der Waals surface area contributed by atoms with Crippen LogP contribution in [0.25, 0.3) is 0 Å². The van der Waals surface area contributed by atoms with E-state index in [-0.39, 0.29) is 24.4 Å². The summed E-state index contributed by atoms with van der Waals surface area (Å²) in [5, 5.41) is 3.32. The smallest absolute Gasteiger partial charge is 0.241 e. The first-order valence-electron chi connectivity index (χ1n) is 5.83. The first-order chi connectivity index (χ1) is 7.58. The predicted molar refractivity (Wildman–Crippen MR) is 59.8 cm³/mol. The molecule has 1 atom stereocenters. The van der Waals surface area contributed by atoms with E-state index in [1.54, 1.807) is 19.0 Å². The molecule has 1 aliphatic heterocycles. The summed E-state index contributed by atoms with van der Waals surface area (Å²) in [5.74, 6) is 0.0718. The van der Waals surface area contributed by atoms with Gasteiger partial charge in [-0.25, -0.2) is 0 Å². The maximum atomic E-state index is 11.9. The van der Waals surface area contributed by atoms with Gasteiger partial charge >= 0.3 is 0 Å². The minimum absolute atomic E-state index is 0.0135. The molecule has 1 saturated carbocycles. The Morgan fingerprint density at radius 3 is 2.69 bits per heavy atom. The fourth-order valence-corrected chi connectivity index (χ4v) is 1.89. The second-order valence-electron chi connectivity index (χ2n) is 4.83.